The molecule has 150 valence electrons. The van der Waals surface area contributed by atoms with Gasteiger partial charge >= 0.3 is 0 Å². The van der Waals surface area contributed by atoms with Crippen LogP contribution < -0.4 is 9.80 Å². The second-order valence-corrected chi connectivity index (χ2v) is 9.95. The van der Waals surface area contributed by atoms with Crippen LogP contribution in [0.1, 0.15) is 42.9 Å². The van der Waals surface area contributed by atoms with Crippen molar-refractivity contribution >= 4 is 27.2 Å². The van der Waals surface area contributed by atoms with E-state index in [4.69, 9.17) is 19.8 Å². The minimum Gasteiger partial charge on any atom is -0.370 e. The average molecular weight is 403 g/mol. The fourth-order valence-electron chi connectivity index (χ4n) is 4.57. The highest BCUT2D eigenvalue weighted by Gasteiger charge is 2.31. The molecule has 0 atom stereocenters. The summed E-state index contributed by atoms with van der Waals surface area (Å²) in [5.41, 5.74) is 2.20. The molecular formula is C20H30N6OS+2. The van der Waals surface area contributed by atoms with Gasteiger partial charge in [-0.25, -0.2) is 9.97 Å². The van der Waals surface area contributed by atoms with Gasteiger partial charge in [0.05, 0.1) is 24.1 Å². The molecule has 0 saturated carbocycles. The monoisotopic (exact) mass is 402 g/mol. The molecule has 0 unspecified atom stereocenters. The van der Waals surface area contributed by atoms with Crippen molar-refractivity contribution in [3.8, 4) is 0 Å². The zero-order valence-corrected chi connectivity index (χ0v) is 18.1. The number of quaternary nitrogens is 2. The Bertz CT molecular complexity index is 1030. The summed E-state index contributed by atoms with van der Waals surface area (Å²) < 4.78 is 7.98. The third-order valence-corrected chi connectivity index (χ3v) is 7.38. The Morgan fingerprint density at radius 3 is 2.64 bits per heavy atom. The van der Waals surface area contributed by atoms with Gasteiger partial charge in [-0.2, -0.15) is 4.52 Å². The molecule has 3 aromatic heterocycles. The molecule has 3 aromatic rings. The Hall–Kier alpha value is -1.61. The molecule has 28 heavy (non-hydrogen) atoms. The van der Waals surface area contributed by atoms with Crippen molar-refractivity contribution in [2.75, 3.05) is 32.7 Å². The van der Waals surface area contributed by atoms with Crippen LogP contribution in [0.3, 0.4) is 0 Å². The summed E-state index contributed by atoms with van der Waals surface area (Å²) in [5.74, 6) is 1.86. The number of fused-ring (bicyclic) bond motifs is 5. The molecule has 0 amide bonds. The van der Waals surface area contributed by atoms with Crippen LogP contribution in [0, 0.1) is 6.92 Å². The van der Waals surface area contributed by atoms with Crippen LogP contribution in [0.5, 0.6) is 0 Å². The van der Waals surface area contributed by atoms with Gasteiger partial charge in [0.15, 0.2) is 5.65 Å². The number of piperazine rings is 1. The highest BCUT2D eigenvalue weighted by molar-refractivity contribution is 7.19. The van der Waals surface area contributed by atoms with Crippen molar-refractivity contribution in [2.24, 2.45) is 0 Å². The van der Waals surface area contributed by atoms with Crippen LogP contribution in [-0.2, 0) is 24.3 Å². The number of aromatic nitrogens is 4. The first-order chi connectivity index (χ1) is 13.4. The normalized spacial score (nSPS) is 24.7. The molecule has 0 radical (unpaired) electrons. The fraction of sp³-hybridized carbons (Fsp3) is 0.650. The number of nitrogens with one attached hydrogen (secondary N) is 2. The third-order valence-electron chi connectivity index (χ3n) is 6.29. The molecule has 2 aliphatic rings. The summed E-state index contributed by atoms with van der Waals surface area (Å²) in [7, 11) is 0. The van der Waals surface area contributed by atoms with Crippen LogP contribution in [-0.4, -0.2) is 57.9 Å². The van der Waals surface area contributed by atoms with Crippen molar-refractivity contribution < 1.29 is 14.5 Å². The molecule has 0 spiro atoms. The molecule has 1 fully saturated rings. The van der Waals surface area contributed by atoms with Crippen LogP contribution in [0.25, 0.3) is 15.9 Å². The largest absolute Gasteiger partial charge is 0.370 e. The number of ether oxygens (including phenoxy) is 1. The third kappa shape index (κ3) is 3.12. The van der Waals surface area contributed by atoms with Gasteiger partial charge in [-0.1, -0.05) is 0 Å². The highest BCUT2D eigenvalue weighted by Crippen LogP contribution is 2.39. The van der Waals surface area contributed by atoms with E-state index in [1.165, 1.54) is 48.6 Å². The summed E-state index contributed by atoms with van der Waals surface area (Å²) >= 11 is 1.75. The van der Waals surface area contributed by atoms with E-state index in [0.717, 1.165) is 35.1 Å². The lowest BCUT2D eigenvalue weighted by Gasteiger charge is -2.30. The summed E-state index contributed by atoms with van der Waals surface area (Å²) in [4.78, 5) is 15.5. The maximum Gasteiger partial charge on any atom is 0.206 e. The Morgan fingerprint density at radius 1 is 1.14 bits per heavy atom. The SMILES string of the molecule is CC[NH+]1CC[NH+](Cc2nc3c4c5c(sc4nc(C)n3n2)COC(C)(C)C5)CC1. The van der Waals surface area contributed by atoms with Crippen LogP contribution in [0.4, 0.5) is 0 Å². The number of hydrogen-bond donors (Lipinski definition) is 2. The van der Waals surface area contributed by atoms with E-state index < -0.39 is 0 Å². The molecular weight excluding hydrogens is 372 g/mol. The number of nitrogens with zero attached hydrogens (tertiary/aromatic N) is 4. The second-order valence-electron chi connectivity index (χ2n) is 8.86. The number of likely N-dealkylation sites (N-methyl/N-ethyl adjacent to an activating group) is 1. The van der Waals surface area contributed by atoms with Gasteiger partial charge in [0.25, 0.3) is 0 Å². The maximum atomic E-state index is 6.02. The number of thiophene rings is 1. The number of hydrogen-bond acceptors (Lipinski definition) is 5. The Labute approximate surface area is 169 Å². The van der Waals surface area contributed by atoms with Crippen LogP contribution in [0.15, 0.2) is 0 Å². The zero-order chi connectivity index (χ0) is 19.5. The molecule has 7 nitrogen and oxygen atoms in total. The first-order valence-corrected chi connectivity index (χ1v) is 11.2. The van der Waals surface area contributed by atoms with Gasteiger partial charge in [0.2, 0.25) is 5.82 Å². The fourth-order valence-corrected chi connectivity index (χ4v) is 5.71. The van der Waals surface area contributed by atoms with Crippen molar-refractivity contribution in [3.63, 3.8) is 0 Å². The van der Waals surface area contributed by atoms with E-state index in [0.29, 0.717) is 6.61 Å². The van der Waals surface area contributed by atoms with E-state index in [-0.39, 0.29) is 5.60 Å². The zero-order valence-electron chi connectivity index (χ0n) is 17.3. The van der Waals surface area contributed by atoms with Gasteiger partial charge < -0.3 is 14.5 Å². The maximum absolute atomic E-state index is 6.02. The van der Waals surface area contributed by atoms with E-state index in [9.17, 15) is 0 Å². The quantitative estimate of drug-likeness (QED) is 0.637. The summed E-state index contributed by atoms with van der Waals surface area (Å²) in [5, 5.41) is 6.04. The van der Waals surface area contributed by atoms with Gasteiger partial charge in [-0.05, 0) is 33.3 Å². The Balaban J connectivity index is 1.53. The molecule has 0 aliphatic carbocycles. The second kappa shape index (κ2) is 6.73. The predicted octanol–water partition coefficient (Wildman–Crippen LogP) is -0.198. The van der Waals surface area contributed by atoms with Crippen LogP contribution >= 0.6 is 11.3 Å². The van der Waals surface area contributed by atoms with Gasteiger partial charge in [0.1, 0.15) is 43.4 Å². The summed E-state index contributed by atoms with van der Waals surface area (Å²) in [6.07, 6.45) is 0.901. The number of rotatable bonds is 3. The molecule has 2 N–H and O–H groups in total. The molecule has 5 rings (SSSR count). The van der Waals surface area contributed by atoms with E-state index in [1.54, 1.807) is 21.1 Å². The lowest BCUT2D eigenvalue weighted by molar-refractivity contribution is -1.02. The molecule has 2 aliphatic heterocycles. The van der Waals surface area contributed by atoms with Crippen molar-refractivity contribution in [3.05, 3.63) is 22.1 Å². The topological polar surface area (TPSA) is 61.2 Å². The molecule has 5 heterocycles. The highest BCUT2D eigenvalue weighted by atomic mass is 32.1. The average Bonchev–Trinajstić information content (AvgIpc) is 3.22. The number of aryl methyl sites for hydroxylation is 1. The molecule has 0 aromatic carbocycles. The predicted molar refractivity (Wildman–Crippen MR) is 109 cm³/mol. The van der Waals surface area contributed by atoms with Crippen molar-refractivity contribution in [1.29, 1.82) is 0 Å². The van der Waals surface area contributed by atoms with Crippen molar-refractivity contribution in [1.82, 2.24) is 19.6 Å². The Morgan fingerprint density at radius 2 is 1.89 bits per heavy atom. The first kappa shape index (κ1) is 18.4. The van der Waals surface area contributed by atoms with E-state index >= 15 is 0 Å². The van der Waals surface area contributed by atoms with Gasteiger partial charge in [-0.3, -0.25) is 0 Å². The smallest absolute Gasteiger partial charge is 0.206 e. The Kier molecular flexibility index (Phi) is 4.42. The summed E-state index contributed by atoms with van der Waals surface area (Å²) in [6.45, 7) is 16.3. The molecule has 1 saturated heterocycles. The lowest BCUT2D eigenvalue weighted by Crippen LogP contribution is -3.27. The van der Waals surface area contributed by atoms with Crippen molar-refractivity contribution in [2.45, 2.75) is 52.9 Å². The standard InChI is InChI=1S/C20H28N6OS/c1-5-24-6-8-25(9-7-24)11-16-22-18-17-14-10-20(3,4)27-12-15(14)28-19(17)21-13(2)26(18)23-16/h5-12H2,1-4H3/p+2. The lowest BCUT2D eigenvalue weighted by atomic mass is 9.94. The van der Waals surface area contributed by atoms with E-state index in [1.807, 2.05) is 11.4 Å². The minimum atomic E-state index is -0.142. The van der Waals surface area contributed by atoms with E-state index in [2.05, 4.69) is 20.8 Å². The minimum absolute atomic E-state index is 0.142. The van der Waals surface area contributed by atoms with Crippen LogP contribution in [0.2, 0.25) is 0 Å². The molecule has 8 heteroatoms. The summed E-state index contributed by atoms with van der Waals surface area (Å²) in [6, 6.07) is 0. The van der Waals surface area contributed by atoms with Gasteiger partial charge in [0, 0.05) is 11.3 Å². The molecule has 0 bridgehead atoms. The first-order valence-electron chi connectivity index (χ1n) is 10.4. The van der Waals surface area contributed by atoms with Gasteiger partial charge in [-0.15, -0.1) is 16.4 Å².